The second-order valence-corrected chi connectivity index (χ2v) is 9.47. The molecule has 0 bridgehead atoms. The fourth-order valence-corrected chi connectivity index (χ4v) is 5.38. The Morgan fingerprint density at radius 2 is 1.70 bits per heavy atom. The second-order valence-electron chi connectivity index (χ2n) is 7.61. The van der Waals surface area contributed by atoms with Crippen molar-refractivity contribution in [3.05, 3.63) is 77.9 Å². The summed E-state index contributed by atoms with van der Waals surface area (Å²) in [6, 6.07) is 18.6. The number of anilines is 2. The van der Waals surface area contributed by atoms with Gasteiger partial charge in [0.05, 0.1) is 24.3 Å². The molecule has 0 saturated heterocycles. The van der Waals surface area contributed by atoms with Crippen LogP contribution in [-0.2, 0) is 16.4 Å². The van der Waals surface area contributed by atoms with Crippen molar-refractivity contribution in [3.8, 4) is 11.5 Å². The third-order valence-electron chi connectivity index (χ3n) is 5.49. The monoisotopic (exact) mass is 466 g/mol. The molecule has 0 aromatic heterocycles. The Labute approximate surface area is 194 Å². The Balaban J connectivity index is 1.54. The van der Waals surface area contributed by atoms with Crippen LogP contribution in [-0.4, -0.2) is 34.6 Å². The molecule has 0 fully saturated rings. The van der Waals surface area contributed by atoms with Crippen LogP contribution < -0.4 is 19.1 Å². The van der Waals surface area contributed by atoms with Crippen LogP contribution in [0.4, 0.5) is 11.4 Å². The predicted octanol–water partition coefficient (Wildman–Crippen LogP) is 4.49. The van der Waals surface area contributed by atoms with E-state index >= 15 is 0 Å². The van der Waals surface area contributed by atoms with Crippen LogP contribution in [0.25, 0.3) is 0 Å². The molecular weight excluding hydrogens is 440 g/mol. The molecule has 1 aliphatic rings. The molecular formula is C25H26N2O5S. The molecule has 33 heavy (non-hydrogen) atoms. The average Bonchev–Trinajstić information content (AvgIpc) is 2.84. The Bertz CT molecular complexity index is 1240. The van der Waals surface area contributed by atoms with Gasteiger partial charge in [-0.25, -0.2) is 8.42 Å². The van der Waals surface area contributed by atoms with Gasteiger partial charge in [-0.1, -0.05) is 0 Å². The second kappa shape index (κ2) is 9.54. The van der Waals surface area contributed by atoms with Crippen molar-refractivity contribution in [1.29, 1.82) is 0 Å². The minimum atomic E-state index is -3.71. The fourth-order valence-electron chi connectivity index (χ4n) is 3.84. The Kier molecular flexibility index (Phi) is 6.55. The lowest BCUT2D eigenvalue weighted by Gasteiger charge is -2.31. The van der Waals surface area contributed by atoms with Crippen LogP contribution in [0.1, 0.15) is 29.3 Å². The van der Waals surface area contributed by atoms with Crippen LogP contribution in [0.3, 0.4) is 0 Å². The van der Waals surface area contributed by atoms with Gasteiger partial charge in [0, 0.05) is 17.8 Å². The Hall–Kier alpha value is -3.52. The quantitative estimate of drug-likeness (QED) is 0.555. The molecule has 4 rings (SSSR count). The van der Waals surface area contributed by atoms with E-state index in [1.165, 1.54) is 11.4 Å². The Morgan fingerprint density at radius 3 is 2.36 bits per heavy atom. The lowest BCUT2D eigenvalue weighted by molar-refractivity contribution is 0.102. The van der Waals surface area contributed by atoms with Crippen LogP contribution in [0.2, 0.25) is 0 Å². The number of nitrogens with zero attached hydrogens (tertiary/aromatic N) is 1. The maximum absolute atomic E-state index is 13.3. The van der Waals surface area contributed by atoms with E-state index in [9.17, 15) is 13.2 Å². The first kappa shape index (κ1) is 22.7. The van der Waals surface area contributed by atoms with E-state index in [0.717, 1.165) is 12.0 Å². The fraction of sp³-hybridized carbons (Fsp3) is 0.240. The smallest absolute Gasteiger partial charge is 0.264 e. The normalized spacial score (nSPS) is 13.2. The summed E-state index contributed by atoms with van der Waals surface area (Å²) in [4.78, 5) is 12.9. The average molecular weight is 467 g/mol. The minimum absolute atomic E-state index is 0.212. The minimum Gasteiger partial charge on any atom is -0.497 e. The van der Waals surface area contributed by atoms with Gasteiger partial charge in [-0.3, -0.25) is 9.10 Å². The van der Waals surface area contributed by atoms with E-state index in [1.807, 2.05) is 13.0 Å². The number of ether oxygens (including phenoxy) is 2. The summed E-state index contributed by atoms with van der Waals surface area (Å²) in [6.07, 6.45) is 1.43. The molecule has 172 valence electrons. The van der Waals surface area contributed by atoms with Gasteiger partial charge < -0.3 is 14.8 Å². The van der Waals surface area contributed by atoms with Gasteiger partial charge in [-0.2, -0.15) is 0 Å². The van der Waals surface area contributed by atoms with E-state index in [-0.39, 0.29) is 10.8 Å². The highest BCUT2D eigenvalue weighted by Gasteiger charge is 2.29. The van der Waals surface area contributed by atoms with Gasteiger partial charge in [-0.15, -0.1) is 0 Å². The highest BCUT2D eigenvalue weighted by atomic mass is 32.2. The van der Waals surface area contributed by atoms with Crippen LogP contribution in [0.15, 0.2) is 71.6 Å². The topological polar surface area (TPSA) is 84.9 Å². The zero-order valence-electron chi connectivity index (χ0n) is 18.6. The molecule has 1 N–H and O–H groups in total. The summed E-state index contributed by atoms with van der Waals surface area (Å²) in [5.41, 5.74) is 2.65. The number of rotatable bonds is 7. The van der Waals surface area contributed by atoms with Gasteiger partial charge in [-0.05, 0) is 92.1 Å². The molecule has 0 spiro atoms. The van der Waals surface area contributed by atoms with Gasteiger partial charge >= 0.3 is 0 Å². The van der Waals surface area contributed by atoms with Crippen LogP contribution in [0, 0.1) is 0 Å². The van der Waals surface area contributed by atoms with Gasteiger partial charge in [0.1, 0.15) is 11.5 Å². The number of fused-ring (bicyclic) bond motifs is 1. The number of hydrogen-bond donors (Lipinski definition) is 1. The molecule has 8 heteroatoms. The molecule has 7 nitrogen and oxygen atoms in total. The zero-order valence-corrected chi connectivity index (χ0v) is 19.4. The molecule has 3 aromatic rings. The standard InChI is InChI=1S/C25H26N2O5S/c1-3-32-22-9-6-18(7-10-22)25(28)26-20-8-15-24-19(17-20)5-4-16-27(24)33(29,30)23-13-11-21(31-2)12-14-23/h6-15,17H,3-5,16H2,1-2H3,(H,26,28). The first-order chi connectivity index (χ1) is 15.9. The van der Waals surface area contributed by atoms with Gasteiger partial charge in [0.15, 0.2) is 0 Å². The van der Waals surface area contributed by atoms with E-state index in [1.54, 1.807) is 60.7 Å². The maximum atomic E-state index is 13.3. The molecule has 0 radical (unpaired) electrons. The maximum Gasteiger partial charge on any atom is 0.264 e. The van der Waals surface area contributed by atoms with Crippen molar-refractivity contribution in [2.45, 2.75) is 24.7 Å². The van der Waals surface area contributed by atoms with Crippen molar-refractivity contribution >= 4 is 27.3 Å². The van der Waals surface area contributed by atoms with Crippen molar-refractivity contribution in [2.75, 3.05) is 29.9 Å². The third kappa shape index (κ3) is 4.80. The summed E-state index contributed by atoms with van der Waals surface area (Å²) in [5.74, 6) is 1.07. The van der Waals surface area contributed by atoms with Gasteiger partial charge in [0.25, 0.3) is 15.9 Å². The van der Waals surface area contributed by atoms with Gasteiger partial charge in [0.2, 0.25) is 0 Å². The molecule has 0 saturated carbocycles. The summed E-state index contributed by atoms with van der Waals surface area (Å²) in [6.45, 7) is 2.87. The highest BCUT2D eigenvalue weighted by molar-refractivity contribution is 7.92. The predicted molar refractivity (Wildman–Crippen MR) is 128 cm³/mol. The van der Waals surface area contributed by atoms with Crippen LogP contribution >= 0.6 is 0 Å². The Morgan fingerprint density at radius 1 is 1.00 bits per heavy atom. The van der Waals surface area contributed by atoms with Crippen molar-refractivity contribution in [1.82, 2.24) is 0 Å². The summed E-state index contributed by atoms with van der Waals surface area (Å²) in [7, 11) is -2.17. The lowest BCUT2D eigenvalue weighted by Crippen LogP contribution is -2.35. The van der Waals surface area contributed by atoms with E-state index in [2.05, 4.69) is 5.32 Å². The van der Waals surface area contributed by atoms with E-state index in [4.69, 9.17) is 9.47 Å². The number of benzene rings is 3. The number of hydrogen-bond acceptors (Lipinski definition) is 5. The zero-order chi connectivity index (χ0) is 23.4. The number of sulfonamides is 1. The SMILES string of the molecule is CCOc1ccc(C(=O)Nc2ccc3c(c2)CCCN3S(=O)(=O)c2ccc(OC)cc2)cc1. The summed E-state index contributed by atoms with van der Waals surface area (Å²) < 4.78 is 38.5. The number of methoxy groups -OCH3 is 1. The molecule has 1 aliphatic heterocycles. The molecule has 0 atom stereocenters. The number of amides is 1. The number of aryl methyl sites for hydroxylation is 1. The molecule has 0 unspecified atom stereocenters. The number of carbonyl (C=O) groups is 1. The molecule has 0 aliphatic carbocycles. The number of carbonyl (C=O) groups excluding carboxylic acids is 1. The lowest BCUT2D eigenvalue weighted by atomic mass is 10.0. The number of nitrogens with one attached hydrogen (secondary N) is 1. The molecule has 1 amide bonds. The molecule has 3 aromatic carbocycles. The van der Waals surface area contributed by atoms with E-state index < -0.39 is 10.0 Å². The first-order valence-electron chi connectivity index (χ1n) is 10.8. The third-order valence-corrected chi connectivity index (χ3v) is 7.32. The summed E-state index contributed by atoms with van der Waals surface area (Å²) in [5, 5.41) is 2.90. The summed E-state index contributed by atoms with van der Waals surface area (Å²) >= 11 is 0. The van der Waals surface area contributed by atoms with E-state index in [0.29, 0.717) is 48.0 Å². The van der Waals surface area contributed by atoms with Crippen LogP contribution in [0.5, 0.6) is 11.5 Å². The highest BCUT2D eigenvalue weighted by Crippen LogP contribution is 2.34. The first-order valence-corrected chi connectivity index (χ1v) is 12.2. The van der Waals surface area contributed by atoms with Crippen molar-refractivity contribution < 1.29 is 22.7 Å². The van der Waals surface area contributed by atoms with Crippen molar-refractivity contribution in [2.24, 2.45) is 0 Å². The molecule has 1 heterocycles. The largest absolute Gasteiger partial charge is 0.497 e. The van der Waals surface area contributed by atoms with Crippen molar-refractivity contribution in [3.63, 3.8) is 0 Å².